The van der Waals surface area contributed by atoms with E-state index in [-0.39, 0.29) is 40.3 Å². The Morgan fingerprint density at radius 1 is 1.31 bits per heavy atom. The molecule has 1 aliphatic rings. The summed E-state index contributed by atoms with van der Waals surface area (Å²) in [6.45, 7) is 0. The molecule has 178 valence electrons. The van der Waals surface area contributed by atoms with Gasteiger partial charge in [0.1, 0.15) is 11.5 Å². The van der Waals surface area contributed by atoms with Gasteiger partial charge < -0.3 is 20.1 Å². The Bertz CT molecular complexity index is 1660. The molecule has 3 aromatic heterocycles. The quantitative estimate of drug-likeness (QED) is 0.335. The number of aromatic nitrogens is 5. The van der Waals surface area contributed by atoms with Crippen molar-refractivity contribution in [2.75, 3.05) is 5.32 Å². The number of H-pyrrole nitrogens is 2. The zero-order valence-electron chi connectivity index (χ0n) is 17.6. The second-order valence-electron chi connectivity index (χ2n) is 7.68. The smallest absolute Gasteiger partial charge is 0.493 e. The number of halogens is 3. The van der Waals surface area contributed by atoms with Gasteiger partial charge in [0, 0.05) is 17.4 Å². The normalized spacial score (nSPS) is 14.9. The number of nitriles is 1. The number of fused-ring (bicyclic) bond motifs is 1. The van der Waals surface area contributed by atoms with Gasteiger partial charge in [0.25, 0.3) is 0 Å². The number of nitrogens with one attached hydrogen (secondary N) is 3. The number of imidazole rings is 1. The highest BCUT2D eigenvalue weighted by Gasteiger charge is 2.32. The fraction of sp³-hybridized carbons (Fsp3) is 0.190. The number of alkyl halides is 3. The third-order valence-corrected chi connectivity index (χ3v) is 4.98. The van der Waals surface area contributed by atoms with Gasteiger partial charge in [0.2, 0.25) is 5.88 Å². The van der Waals surface area contributed by atoms with Gasteiger partial charge in [-0.05, 0) is 31.1 Å². The SMILES string of the molecule is N#Cc1ccc(Nc2cc(=NC3CC3)n3nc/c(=C/c4[nH]c(=O)[nH]c4O)c3n2)c(OC(F)(F)F)c1. The van der Waals surface area contributed by atoms with Crippen LogP contribution in [0.15, 0.2) is 40.2 Å². The van der Waals surface area contributed by atoms with Crippen molar-refractivity contribution in [3.8, 4) is 17.7 Å². The maximum atomic E-state index is 12.9. The lowest BCUT2D eigenvalue weighted by molar-refractivity contribution is -0.274. The number of hydrogen-bond donors (Lipinski definition) is 4. The molecular formula is C21H15F3N8O3. The Morgan fingerprint density at radius 3 is 2.77 bits per heavy atom. The molecule has 0 atom stereocenters. The number of rotatable bonds is 5. The minimum atomic E-state index is -4.97. The Kier molecular flexibility index (Phi) is 5.16. The molecule has 0 spiro atoms. The van der Waals surface area contributed by atoms with Crippen molar-refractivity contribution in [2.24, 2.45) is 4.99 Å². The highest BCUT2D eigenvalue weighted by molar-refractivity contribution is 5.67. The Hall–Kier alpha value is -4.80. The van der Waals surface area contributed by atoms with Crippen LogP contribution in [0.5, 0.6) is 11.6 Å². The zero-order chi connectivity index (χ0) is 24.7. The lowest BCUT2D eigenvalue weighted by Crippen LogP contribution is -2.20. The molecule has 35 heavy (non-hydrogen) atoms. The van der Waals surface area contributed by atoms with Crippen LogP contribution < -0.4 is 26.4 Å². The molecule has 0 bridgehead atoms. The van der Waals surface area contributed by atoms with E-state index in [9.17, 15) is 23.1 Å². The minimum Gasteiger partial charge on any atom is -0.493 e. The average Bonchev–Trinajstić information content (AvgIpc) is 3.42. The molecule has 1 fully saturated rings. The van der Waals surface area contributed by atoms with Crippen LogP contribution in [0.1, 0.15) is 24.1 Å². The first-order valence-electron chi connectivity index (χ1n) is 10.2. The van der Waals surface area contributed by atoms with Crippen LogP contribution in [0.3, 0.4) is 0 Å². The first-order valence-corrected chi connectivity index (χ1v) is 10.2. The summed E-state index contributed by atoms with van der Waals surface area (Å²) in [6, 6.07) is 6.96. The third kappa shape index (κ3) is 4.78. The number of aromatic amines is 2. The molecule has 14 heteroatoms. The molecule has 1 saturated carbocycles. The largest absolute Gasteiger partial charge is 0.573 e. The van der Waals surface area contributed by atoms with Crippen molar-refractivity contribution in [3.63, 3.8) is 0 Å². The van der Waals surface area contributed by atoms with Crippen molar-refractivity contribution in [1.82, 2.24) is 24.6 Å². The zero-order valence-corrected chi connectivity index (χ0v) is 17.6. The molecule has 5 rings (SSSR count). The molecule has 0 aliphatic heterocycles. The number of aromatic hydroxyl groups is 1. The van der Waals surface area contributed by atoms with Gasteiger partial charge in [0.05, 0.1) is 29.6 Å². The summed E-state index contributed by atoms with van der Waals surface area (Å²) in [4.78, 5) is 25.1. The van der Waals surface area contributed by atoms with Crippen LogP contribution >= 0.6 is 0 Å². The lowest BCUT2D eigenvalue weighted by atomic mass is 10.2. The van der Waals surface area contributed by atoms with E-state index in [0.29, 0.717) is 10.7 Å². The highest BCUT2D eigenvalue weighted by atomic mass is 19.4. The van der Waals surface area contributed by atoms with Crippen molar-refractivity contribution in [2.45, 2.75) is 25.2 Å². The molecule has 1 aromatic carbocycles. The summed E-state index contributed by atoms with van der Waals surface area (Å²) in [6.07, 6.45) is -0.303. The first-order chi connectivity index (χ1) is 16.7. The van der Waals surface area contributed by atoms with E-state index < -0.39 is 17.8 Å². The topological polar surface area (TPSA) is 156 Å². The molecule has 11 nitrogen and oxygen atoms in total. The summed E-state index contributed by atoms with van der Waals surface area (Å²) in [7, 11) is 0. The highest BCUT2D eigenvalue weighted by Crippen LogP contribution is 2.33. The molecule has 4 aromatic rings. The van der Waals surface area contributed by atoms with E-state index in [1.807, 2.05) is 0 Å². The number of hydrogen-bond acceptors (Lipinski definition) is 8. The first kappa shape index (κ1) is 22.0. The predicted octanol–water partition coefficient (Wildman–Crippen LogP) is 1.58. The molecule has 4 N–H and O–H groups in total. The van der Waals surface area contributed by atoms with Crippen LogP contribution in [-0.2, 0) is 0 Å². The van der Waals surface area contributed by atoms with E-state index >= 15 is 0 Å². The molecule has 0 unspecified atom stereocenters. The molecule has 1 aliphatic carbocycles. The summed E-state index contributed by atoms with van der Waals surface area (Å²) in [5, 5.41) is 26.4. The second kappa shape index (κ2) is 8.20. The molecule has 0 amide bonds. The summed E-state index contributed by atoms with van der Waals surface area (Å²) in [5.74, 6) is -0.845. The molecule has 0 saturated heterocycles. The molecular weight excluding hydrogens is 469 g/mol. The number of nitrogens with zero attached hydrogens (tertiary/aromatic N) is 5. The van der Waals surface area contributed by atoms with Crippen LogP contribution in [0.4, 0.5) is 24.7 Å². The molecule has 0 radical (unpaired) electrons. The maximum Gasteiger partial charge on any atom is 0.573 e. The Balaban J connectivity index is 1.65. The summed E-state index contributed by atoms with van der Waals surface area (Å²) in [5.41, 5.74) is 0.0617. The Labute approximate surface area is 192 Å². The monoisotopic (exact) mass is 484 g/mol. The predicted molar refractivity (Wildman–Crippen MR) is 115 cm³/mol. The van der Waals surface area contributed by atoms with Gasteiger partial charge in [-0.15, -0.1) is 13.2 Å². The number of benzene rings is 1. The van der Waals surface area contributed by atoms with Gasteiger partial charge in [-0.3, -0.25) is 9.98 Å². The van der Waals surface area contributed by atoms with Crippen LogP contribution in [0, 0.1) is 11.3 Å². The lowest BCUT2D eigenvalue weighted by Gasteiger charge is -2.14. The Morgan fingerprint density at radius 2 is 2.11 bits per heavy atom. The van der Waals surface area contributed by atoms with Crippen LogP contribution in [0.2, 0.25) is 0 Å². The second-order valence-corrected chi connectivity index (χ2v) is 7.68. The maximum absolute atomic E-state index is 12.9. The van der Waals surface area contributed by atoms with E-state index in [0.717, 1.165) is 18.9 Å². The fourth-order valence-electron chi connectivity index (χ4n) is 3.30. The fourth-order valence-corrected chi connectivity index (χ4v) is 3.30. The van der Waals surface area contributed by atoms with Crippen molar-refractivity contribution in [1.29, 1.82) is 5.26 Å². The van der Waals surface area contributed by atoms with E-state index in [1.54, 1.807) is 6.07 Å². The van der Waals surface area contributed by atoms with Crippen LogP contribution in [0.25, 0.3) is 11.7 Å². The average molecular weight is 484 g/mol. The van der Waals surface area contributed by atoms with E-state index in [4.69, 9.17) is 5.26 Å². The van der Waals surface area contributed by atoms with Gasteiger partial charge in [-0.25, -0.2) is 9.78 Å². The van der Waals surface area contributed by atoms with Crippen molar-refractivity contribution >= 4 is 23.2 Å². The van der Waals surface area contributed by atoms with Crippen LogP contribution in [-0.4, -0.2) is 42.1 Å². The van der Waals surface area contributed by atoms with Gasteiger partial charge in [0.15, 0.2) is 16.9 Å². The minimum absolute atomic E-state index is 0.0180. The third-order valence-electron chi connectivity index (χ3n) is 4.98. The number of anilines is 2. The van der Waals surface area contributed by atoms with E-state index in [2.05, 4.69) is 35.1 Å². The van der Waals surface area contributed by atoms with Gasteiger partial charge in [-0.1, -0.05) is 0 Å². The van der Waals surface area contributed by atoms with Gasteiger partial charge in [-0.2, -0.15) is 14.9 Å². The summed E-state index contributed by atoms with van der Waals surface area (Å²) < 4.78 is 44.4. The van der Waals surface area contributed by atoms with Crippen molar-refractivity contribution < 1.29 is 23.0 Å². The standard InChI is InChI=1S/C21H15F3N8O3/c22-21(23,24)35-15-5-10(8-25)1-4-13(15)28-16-7-17(27-12-2-3-12)32-18(30-16)11(9-26-32)6-14-19(33)31-20(34)29-14/h1,4-7,9,12,28,33H,2-3H2,(H2,29,31,34)/b11-6-,27-17?. The van der Waals surface area contributed by atoms with E-state index in [1.165, 1.54) is 35.0 Å². The summed E-state index contributed by atoms with van der Waals surface area (Å²) >= 11 is 0. The van der Waals surface area contributed by atoms with Crippen molar-refractivity contribution in [3.05, 3.63) is 62.9 Å². The molecule has 3 heterocycles. The number of ether oxygens (including phenoxy) is 1. The van der Waals surface area contributed by atoms with Gasteiger partial charge >= 0.3 is 12.1 Å².